The van der Waals surface area contributed by atoms with E-state index in [1.165, 1.54) is 23.9 Å². The summed E-state index contributed by atoms with van der Waals surface area (Å²) < 4.78 is 10.8. The van der Waals surface area contributed by atoms with Gasteiger partial charge in [-0.1, -0.05) is 60.7 Å². The van der Waals surface area contributed by atoms with Gasteiger partial charge in [0.15, 0.2) is 0 Å². The zero-order valence-corrected chi connectivity index (χ0v) is 33.2. The monoisotopic (exact) mass is 802 g/mol. The number of hydrogen-bond acceptors (Lipinski definition) is 10. The number of H-pyrrole nitrogens is 1. The fourth-order valence-electron chi connectivity index (χ4n) is 5.62. The number of carbonyl (C=O) groups is 6. The van der Waals surface area contributed by atoms with E-state index < -0.39 is 72.5 Å². The maximum atomic E-state index is 13.8. The summed E-state index contributed by atoms with van der Waals surface area (Å²) in [5.41, 5.74) is 2.16. The molecular formula is C41H50N6O9S. The number of amides is 5. The van der Waals surface area contributed by atoms with E-state index >= 15 is 0 Å². The molecule has 1 heterocycles. The predicted molar refractivity (Wildman–Crippen MR) is 216 cm³/mol. The quantitative estimate of drug-likeness (QED) is 0.0687. The van der Waals surface area contributed by atoms with Crippen LogP contribution in [0.1, 0.15) is 43.9 Å². The zero-order valence-electron chi connectivity index (χ0n) is 32.4. The molecule has 7 N–H and O–H groups in total. The molecule has 0 aliphatic rings. The summed E-state index contributed by atoms with van der Waals surface area (Å²) in [5, 5.41) is 23.4. The lowest BCUT2D eigenvalue weighted by Gasteiger charge is -2.23. The number of hydrogen-bond donors (Lipinski definition) is 7. The number of aromatic nitrogens is 1. The highest BCUT2D eigenvalue weighted by Gasteiger charge is 2.29. The van der Waals surface area contributed by atoms with Crippen LogP contribution >= 0.6 is 11.8 Å². The third-order valence-electron chi connectivity index (χ3n) is 8.44. The fourth-order valence-corrected chi connectivity index (χ4v) is 6.09. The Morgan fingerprint density at radius 1 is 0.737 bits per heavy atom. The molecule has 3 atom stereocenters. The maximum absolute atomic E-state index is 13.8. The number of thioether (sulfide) groups is 1. The first-order chi connectivity index (χ1) is 27.2. The minimum atomic E-state index is -1.15. The van der Waals surface area contributed by atoms with Crippen LogP contribution in [0.2, 0.25) is 0 Å². The van der Waals surface area contributed by atoms with Gasteiger partial charge in [-0.15, -0.1) is 0 Å². The Morgan fingerprint density at radius 2 is 1.40 bits per heavy atom. The summed E-state index contributed by atoms with van der Waals surface area (Å²) in [6.45, 7) is 3.98. The topological polar surface area (TPSA) is 217 Å². The molecule has 0 saturated carbocycles. The maximum Gasteiger partial charge on any atom is 0.408 e. The van der Waals surface area contributed by atoms with Crippen LogP contribution < -0.4 is 26.6 Å². The van der Waals surface area contributed by atoms with Crippen LogP contribution in [0.5, 0.6) is 5.75 Å². The van der Waals surface area contributed by atoms with E-state index in [0.717, 1.165) is 22.0 Å². The SMILES string of the molecule is CSCC[C@H](NC(=O)[C@H](Cc1c[nH]c2ccccc12)NC(=O)CNC(=O)CNC(=O)[C@H](Cc1ccc(O)cc1)NC(=O)OC(C)(C)C)C(=O)OCc1ccccc1. The molecule has 4 aromatic rings. The van der Waals surface area contributed by atoms with Crippen LogP contribution in [0, 0.1) is 0 Å². The molecule has 4 rings (SSSR count). The summed E-state index contributed by atoms with van der Waals surface area (Å²) in [5.74, 6) is -2.75. The number of ether oxygens (including phenoxy) is 2. The van der Waals surface area contributed by atoms with Crippen molar-refractivity contribution in [3.05, 3.63) is 102 Å². The Labute approximate surface area is 335 Å². The van der Waals surface area contributed by atoms with Crippen LogP contribution in [-0.4, -0.2) is 94.6 Å². The number of nitrogens with one attached hydrogen (secondary N) is 6. The standard InChI is InChI=1S/C41H50N6O9S/c1-41(2,3)56-40(54)47-33(20-26-14-16-29(48)17-15-26)37(51)44-23-35(49)43-24-36(50)45-34(21-28-22-42-31-13-9-8-12-30(28)31)38(52)46-32(18-19-57-4)39(53)55-25-27-10-6-5-7-11-27/h5-17,22,32-34,42,48H,18-21,23-25H2,1-4H3,(H,43,49)(H,44,51)(H,45,50)(H,46,52)(H,47,54)/t32-,33-,34-/m0/s1. The molecule has 1 aromatic heterocycles. The van der Waals surface area contributed by atoms with Gasteiger partial charge in [0.25, 0.3) is 0 Å². The highest BCUT2D eigenvalue weighted by atomic mass is 32.2. The van der Waals surface area contributed by atoms with E-state index in [1.54, 1.807) is 39.1 Å². The number of aromatic amines is 1. The number of carbonyl (C=O) groups excluding carboxylic acids is 6. The average molecular weight is 803 g/mol. The van der Waals surface area contributed by atoms with Crippen molar-refractivity contribution in [3.8, 4) is 5.75 Å². The van der Waals surface area contributed by atoms with E-state index in [4.69, 9.17) is 9.47 Å². The number of phenolic OH excluding ortho intramolecular Hbond substituents is 1. The third kappa shape index (κ3) is 14.9. The molecule has 0 radical (unpaired) electrons. The molecule has 0 unspecified atom stereocenters. The van der Waals surface area contributed by atoms with Gasteiger partial charge < -0.3 is 46.1 Å². The summed E-state index contributed by atoms with van der Waals surface area (Å²) in [6.07, 6.45) is 3.16. The van der Waals surface area contributed by atoms with Gasteiger partial charge in [0.2, 0.25) is 23.6 Å². The molecular weight excluding hydrogens is 753 g/mol. The molecule has 0 spiro atoms. The number of para-hydroxylation sites is 1. The lowest BCUT2D eigenvalue weighted by atomic mass is 10.0. The summed E-state index contributed by atoms with van der Waals surface area (Å²) >= 11 is 1.50. The van der Waals surface area contributed by atoms with Gasteiger partial charge in [-0.25, -0.2) is 9.59 Å². The van der Waals surface area contributed by atoms with Crippen LogP contribution in [-0.2, 0) is 52.9 Å². The third-order valence-corrected chi connectivity index (χ3v) is 9.08. The number of alkyl carbamates (subject to hydrolysis) is 1. The summed E-state index contributed by atoms with van der Waals surface area (Å²) in [6, 6.07) is 19.4. The Kier molecular flexibility index (Phi) is 16.3. The highest BCUT2D eigenvalue weighted by Crippen LogP contribution is 2.20. The van der Waals surface area contributed by atoms with Crippen LogP contribution in [0.3, 0.4) is 0 Å². The first kappa shape index (κ1) is 43.7. The van der Waals surface area contributed by atoms with Crippen molar-refractivity contribution in [2.75, 3.05) is 25.1 Å². The van der Waals surface area contributed by atoms with Crippen molar-refractivity contribution in [3.63, 3.8) is 0 Å². The molecule has 15 nitrogen and oxygen atoms in total. The van der Waals surface area contributed by atoms with Crippen LogP contribution in [0.4, 0.5) is 4.79 Å². The molecule has 0 bridgehead atoms. The van der Waals surface area contributed by atoms with E-state index in [-0.39, 0.29) is 25.2 Å². The first-order valence-electron chi connectivity index (χ1n) is 18.4. The van der Waals surface area contributed by atoms with E-state index in [0.29, 0.717) is 17.7 Å². The normalized spacial score (nSPS) is 12.7. The lowest BCUT2D eigenvalue weighted by molar-refractivity contribution is -0.149. The molecule has 5 amide bonds. The van der Waals surface area contributed by atoms with Crippen molar-refractivity contribution in [1.82, 2.24) is 31.6 Å². The van der Waals surface area contributed by atoms with Crippen molar-refractivity contribution in [2.45, 2.75) is 70.4 Å². The first-order valence-corrected chi connectivity index (χ1v) is 19.8. The second-order valence-electron chi connectivity index (χ2n) is 14.2. The summed E-state index contributed by atoms with van der Waals surface area (Å²) in [7, 11) is 0. The van der Waals surface area contributed by atoms with Gasteiger partial charge in [0.05, 0.1) is 13.1 Å². The Bertz CT molecular complexity index is 1980. The minimum Gasteiger partial charge on any atom is -0.508 e. The summed E-state index contributed by atoms with van der Waals surface area (Å²) in [4.78, 5) is 81.9. The number of phenols is 1. The molecule has 3 aromatic carbocycles. The van der Waals surface area contributed by atoms with Gasteiger partial charge in [0.1, 0.15) is 36.1 Å². The lowest BCUT2D eigenvalue weighted by Crippen LogP contribution is -2.54. The molecule has 0 fully saturated rings. The van der Waals surface area contributed by atoms with Gasteiger partial charge in [-0.3, -0.25) is 19.2 Å². The van der Waals surface area contributed by atoms with E-state index in [1.807, 2.05) is 60.9 Å². The van der Waals surface area contributed by atoms with Gasteiger partial charge in [-0.2, -0.15) is 11.8 Å². The second-order valence-corrected chi connectivity index (χ2v) is 15.2. The molecule has 0 aliphatic heterocycles. The number of benzene rings is 3. The Hall–Kier alpha value is -6.03. The van der Waals surface area contributed by atoms with Crippen molar-refractivity contribution in [2.24, 2.45) is 0 Å². The Morgan fingerprint density at radius 3 is 2.11 bits per heavy atom. The number of fused-ring (bicyclic) bond motifs is 1. The Balaban J connectivity index is 1.39. The fraction of sp³-hybridized carbons (Fsp3) is 0.366. The van der Waals surface area contributed by atoms with E-state index in [2.05, 4.69) is 31.6 Å². The van der Waals surface area contributed by atoms with Gasteiger partial charge >= 0.3 is 12.1 Å². The van der Waals surface area contributed by atoms with Crippen molar-refractivity contribution in [1.29, 1.82) is 0 Å². The van der Waals surface area contributed by atoms with Crippen molar-refractivity contribution >= 4 is 58.4 Å². The van der Waals surface area contributed by atoms with Gasteiger partial charge in [-0.05, 0) is 74.1 Å². The number of rotatable bonds is 19. The van der Waals surface area contributed by atoms with Crippen LogP contribution in [0.25, 0.3) is 10.9 Å². The number of esters is 1. The van der Waals surface area contributed by atoms with Crippen molar-refractivity contribution < 1.29 is 43.3 Å². The molecule has 16 heteroatoms. The molecule has 57 heavy (non-hydrogen) atoms. The number of aromatic hydroxyl groups is 1. The predicted octanol–water partition coefficient (Wildman–Crippen LogP) is 3.25. The molecule has 0 saturated heterocycles. The van der Waals surface area contributed by atoms with E-state index in [9.17, 15) is 33.9 Å². The average Bonchev–Trinajstić information content (AvgIpc) is 3.59. The van der Waals surface area contributed by atoms with Crippen LogP contribution in [0.15, 0.2) is 85.1 Å². The smallest absolute Gasteiger partial charge is 0.408 e. The van der Waals surface area contributed by atoms with Gasteiger partial charge in [0, 0.05) is 29.9 Å². The highest BCUT2D eigenvalue weighted by molar-refractivity contribution is 7.98. The second kappa shape index (κ2) is 21.3. The molecule has 0 aliphatic carbocycles. The minimum absolute atomic E-state index is 0.0259. The zero-order chi connectivity index (χ0) is 41.4. The largest absolute Gasteiger partial charge is 0.508 e. The molecule has 304 valence electrons.